The van der Waals surface area contributed by atoms with Gasteiger partial charge in [-0.1, -0.05) is 48.5 Å². The minimum atomic E-state index is -0.250. The Balaban J connectivity index is 1.59. The molecule has 0 aliphatic carbocycles. The lowest BCUT2D eigenvalue weighted by atomic mass is 9.74. The van der Waals surface area contributed by atoms with Gasteiger partial charge < -0.3 is 10.1 Å². The van der Waals surface area contributed by atoms with Gasteiger partial charge in [0, 0.05) is 31.6 Å². The number of hydrogen-bond acceptors (Lipinski definition) is 2. The third-order valence-electron chi connectivity index (χ3n) is 5.04. The molecule has 0 saturated carbocycles. The molecule has 0 atom stereocenters. The molecule has 1 fully saturated rings. The number of halogens is 1. The lowest BCUT2D eigenvalue weighted by Crippen LogP contribution is -2.44. The standard InChI is InChI=1S/C21H24FNO2/c22-19-9-5-4-6-17(19)10-11-20(24)23-16-21(12-14-25-15-13-21)18-7-2-1-3-8-18/h1-9H,10-16H2,(H,23,24). The Morgan fingerprint density at radius 2 is 1.72 bits per heavy atom. The van der Waals surface area contributed by atoms with Crippen molar-refractivity contribution in [3.63, 3.8) is 0 Å². The van der Waals surface area contributed by atoms with Crippen molar-refractivity contribution in [1.29, 1.82) is 0 Å². The molecule has 1 heterocycles. The van der Waals surface area contributed by atoms with Gasteiger partial charge >= 0.3 is 0 Å². The molecule has 1 amide bonds. The van der Waals surface area contributed by atoms with E-state index in [4.69, 9.17) is 4.74 Å². The lowest BCUT2D eigenvalue weighted by molar-refractivity contribution is -0.121. The maximum absolute atomic E-state index is 13.7. The van der Waals surface area contributed by atoms with Crippen LogP contribution in [0.4, 0.5) is 4.39 Å². The van der Waals surface area contributed by atoms with Gasteiger partial charge in [0.05, 0.1) is 0 Å². The molecule has 25 heavy (non-hydrogen) atoms. The van der Waals surface area contributed by atoms with Crippen LogP contribution in [0.2, 0.25) is 0 Å². The van der Waals surface area contributed by atoms with Crippen LogP contribution in [0.15, 0.2) is 54.6 Å². The van der Waals surface area contributed by atoms with Crippen LogP contribution < -0.4 is 5.32 Å². The number of amides is 1. The fourth-order valence-corrected chi connectivity index (χ4v) is 3.43. The summed E-state index contributed by atoms with van der Waals surface area (Å²) in [6.07, 6.45) is 2.50. The fourth-order valence-electron chi connectivity index (χ4n) is 3.43. The summed E-state index contributed by atoms with van der Waals surface area (Å²) in [6.45, 7) is 2.01. The number of nitrogens with one attached hydrogen (secondary N) is 1. The van der Waals surface area contributed by atoms with Gasteiger partial charge in [-0.25, -0.2) is 4.39 Å². The van der Waals surface area contributed by atoms with Crippen molar-refractivity contribution in [1.82, 2.24) is 5.32 Å². The van der Waals surface area contributed by atoms with Crippen LogP contribution in [0, 0.1) is 5.82 Å². The van der Waals surface area contributed by atoms with Crippen molar-refractivity contribution in [2.45, 2.75) is 31.1 Å². The van der Waals surface area contributed by atoms with Gasteiger partial charge in [0.15, 0.2) is 0 Å². The molecule has 0 radical (unpaired) electrons. The molecule has 132 valence electrons. The van der Waals surface area contributed by atoms with Crippen molar-refractivity contribution in [3.05, 3.63) is 71.5 Å². The fraction of sp³-hybridized carbons (Fsp3) is 0.381. The summed E-state index contributed by atoms with van der Waals surface area (Å²) in [5.41, 5.74) is 1.75. The highest BCUT2D eigenvalue weighted by Crippen LogP contribution is 2.34. The molecule has 0 bridgehead atoms. The summed E-state index contributed by atoms with van der Waals surface area (Å²) in [5, 5.41) is 3.06. The Hall–Kier alpha value is -2.20. The van der Waals surface area contributed by atoms with E-state index < -0.39 is 0 Å². The minimum absolute atomic E-state index is 0.0370. The van der Waals surface area contributed by atoms with Crippen molar-refractivity contribution in [2.75, 3.05) is 19.8 Å². The van der Waals surface area contributed by atoms with Gasteiger partial charge in [0.2, 0.25) is 5.91 Å². The first-order chi connectivity index (χ1) is 12.2. The zero-order valence-corrected chi connectivity index (χ0v) is 14.3. The summed E-state index contributed by atoms with van der Waals surface area (Å²) in [5.74, 6) is -0.287. The Morgan fingerprint density at radius 3 is 2.44 bits per heavy atom. The highest BCUT2D eigenvalue weighted by Gasteiger charge is 2.34. The highest BCUT2D eigenvalue weighted by atomic mass is 19.1. The SMILES string of the molecule is O=C(CCc1ccccc1F)NCC1(c2ccccc2)CCOCC1. The number of aryl methyl sites for hydroxylation is 1. The third kappa shape index (κ3) is 4.45. The Morgan fingerprint density at radius 1 is 1.04 bits per heavy atom. The third-order valence-corrected chi connectivity index (χ3v) is 5.04. The second kappa shape index (κ2) is 8.26. The van der Waals surface area contributed by atoms with Gasteiger partial charge in [0.25, 0.3) is 0 Å². The topological polar surface area (TPSA) is 38.3 Å². The smallest absolute Gasteiger partial charge is 0.220 e. The van der Waals surface area contributed by atoms with E-state index in [2.05, 4.69) is 17.4 Å². The quantitative estimate of drug-likeness (QED) is 0.871. The van der Waals surface area contributed by atoms with Crippen molar-refractivity contribution in [2.24, 2.45) is 0 Å². The van der Waals surface area contributed by atoms with Gasteiger partial charge in [-0.15, -0.1) is 0 Å². The molecule has 1 aliphatic heterocycles. The summed E-state index contributed by atoms with van der Waals surface area (Å²) in [7, 11) is 0. The number of benzene rings is 2. The van der Waals surface area contributed by atoms with E-state index in [1.54, 1.807) is 18.2 Å². The van der Waals surface area contributed by atoms with Crippen LogP contribution in [0.3, 0.4) is 0 Å². The van der Waals surface area contributed by atoms with Crippen LogP contribution in [-0.2, 0) is 21.4 Å². The Kier molecular flexibility index (Phi) is 5.82. The Labute approximate surface area is 148 Å². The number of hydrogen-bond donors (Lipinski definition) is 1. The van der Waals surface area contributed by atoms with E-state index in [1.807, 2.05) is 18.2 Å². The van der Waals surface area contributed by atoms with Gasteiger partial charge in [-0.3, -0.25) is 4.79 Å². The van der Waals surface area contributed by atoms with Gasteiger partial charge in [0.1, 0.15) is 5.82 Å². The van der Waals surface area contributed by atoms with Crippen LogP contribution in [0.5, 0.6) is 0 Å². The normalized spacial score (nSPS) is 16.4. The maximum Gasteiger partial charge on any atom is 0.220 e. The average Bonchev–Trinajstić information content (AvgIpc) is 2.67. The van der Waals surface area contributed by atoms with E-state index in [0.717, 1.165) is 12.8 Å². The molecule has 0 unspecified atom stereocenters. The van der Waals surface area contributed by atoms with Crippen LogP contribution in [-0.4, -0.2) is 25.7 Å². The summed E-state index contributed by atoms with van der Waals surface area (Å²) in [4.78, 5) is 12.3. The first kappa shape index (κ1) is 17.6. The van der Waals surface area contributed by atoms with Crippen molar-refractivity contribution >= 4 is 5.91 Å². The average molecular weight is 341 g/mol. The molecule has 2 aromatic rings. The number of carbonyl (C=O) groups excluding carboxylic acids is 1. The molecule has 3 rings (SSSR count). The van der Waals surface area contributed by atoms with Crippen LogP contribution in [0.25, 0.3) is 0 Å². The predicted octanol–water partition coefficient (Wildman–Crippen LogP) is 3.62. The second-order valence-electron chi connectivity index (χ2n) is 6.63. The summed E-state index contributed by atoms with van der Waals surface area (Å²) >= 11 is 0. The first-order valence-corrected chi connectivity index (χ1v) is 8.83. The number of rotatable bonds is 6. The Bertz CT molecular complexity index is 696. The molecular weight excluding hydrogens is 317 g/mol. The molecule has 3 nitrogen and oxygen atoms in total. The summed E-state index contributed by atoms with van der Waals surface area (Å²) in [6, 6.07) is 16.9. The number of ether oxygens (including phenoxy) is 1. The van der Waals surface area contributed by atoms with Crippen molar-refractivity contribution in [3.8, 4) is 0 Å². The molecule has 1 aliphatic rings. The number of carbonyl (C=O) groups is 1. The minimum Gasteiger partial charge on any atom is -0.381 e. The molecule has 0 aromatic heterocycles. The molecular formula is C21H24FNO2. The van der Waals surface area contributed by atoms with E-state index >= 15 is 0 Å². The second-order valence-corrected chi connectivity index (χ2v) is 6.63. The zero-order valence-electron chi connectivity index (χ0n) is 14.3. The van der Waals surface area contributed by atoms with Gasteiger partial charge in [-0.2, -0.15) is 0 Å². The summed E-state index contributed by atoms with van der Waals surface area (Å²) < 4.78 is 19.2. The molecule has 2 aromatic carbocycles. The van der Waals surface area contributed by atoms with E-state index in [9.17, 15) is 9.18 Å². The van der Waals surface area contributed by atoms with E-state index in [-0.39, 0.29) is 17.1 Å². The van der Waals surface area contributed by atoms with Crippen LogP contribution in [0.1, 0.15) is 30.4 Å². The van der Waals surface area contributed by atoms with Gasteiger partial charge in [-0.05, 0) is 36.5 Å². The molecule has 0 spiro atoms. The molecule has 1 saturated heterocycles. The predicted molar refractivity (Wildman–Crippen MR) is 95.9 cm³/mol. The maximum atomic E-state index is 13.7. The van der Waals surface area contributed by atoms with E-state index in [0.29, 0.717) is 38.2 Å². The highest BCUT2D eigenvalue weighted by molar-refractivity contribution is 5.76. The first-order valence-electron chi connectivity index (χ1n) is 8.83. The van der Waals surface area contributed by atoms with Crippen molar-refractivity contribution < 1.29 is 13.9 Å². The molecule has 4 heteroatoms. The monoisotopic (exact) mass is 341 g/mol. The lowest BCUT2D eigenvalue weighted by Gasteiger charge is -2.38. The molecule has 1 N–H and O–H groups in total. The zero-order chi connectivity index (χ0) is 17.5. The largest absolute Gasteiger partial charge is 0.381 e. The van der Waals surface area contributed by atoms with E-state index in [1.165, 1.54) is 11.6 Å². The van der Waals surface area contributed by atoms with Crippen LogP contribution >= 0.6 is 0 Å².